The smallest absolute Gasteiger partial charge is 0.120 e. The van der Waals surface area contributed by atoms with E-state index in [9.17, 15) is 0 Å². The number of nitrogens with zero attached hydrogens (tertiary/aromatic N) is 1. The van der Waals surface area contributed by atoms with Gasteiger partial charge in [-0.3, -0.25) is 0 Å². The maximum Gasteiger partial charge on any atom is 0.120 e. The van der Waals surface area contributed by atoms with Gasteiger partial charge >= 0.3 is 0 Å². The van der Waals surface area contributed by atoms with Crippen molar-refractivity contribution in [1.82, 2.24) is 0 Å². The number of thioether (sulfide) groups is 1. The van der Waals surface area contributed by atoms with Crippen molar-refractivity contribution in [3.05, 3.63) is 23.8 Å². The van der Waals surface area contributed by atoms with E-state index in [0.29, 0.717) is 6.61 Å². The van der Waals surface area contributed by atoms with E-state index in [-0.39, 0.29) is 0 Å². The topological polar surface area (TPSA) is 41.8 Å². The highest BCUT2D eigenvalue weighted by Gasteiger charge is 2.17. The van der Waals surface area contributed by atoms with Crippen LogP contribution in [0.3, 0.4) is 0 Å². The van der Waals surface area contributed by atoms with Crippen LogP contribution in [-0.2, 0) is 0 Å². The van der Waals surface area contributed by atoms with Crippen LogP contribution in [0, 0.1) is 0 Å². The Morgan fingerprint density at radius 3 is 3.13 bits per heavy atom. The third kappa shape index (κ3) is 2.09. The van der Waals surface area contributed by atoms with E-state index in [4.69, 9.17) is 9.94 Å². The maximum atomic E-state index is 8.90. The molecule has 0 aromatic heterocycles. The van der Waals surface area contributed by atoms with Crippen molar-refractivity contribution in [3.8, 4) is 5.75 Å². The van der Waals surface area contributed by atoms with Gasteiger partial charge in [0.1, 0.15) is 5.75 Å². The van der Waals surface area contributed by atoms with Gasteiger partial charge in [0, 0.05) is 22.6 Å². The second kappa shape index (κ2) is 4.57. The summed E-state index contributed by atoms with van der Waals surface area (Å²) >= 11 is 1.79. The zero-order valence-electron chi connectivity index (χ0n) is 8.56. The molecule has 0 bridgehead atoms. The lowest BCUT2D eigenvalue weighted by Crippen LogP contribution is -2.10. The average Bonchev–Trinajstić information content (AvgIpc) is 2.28. The monoisotopic (exact) mass is 223 g/mol. The molecule has 0 radical (unpaired) electrons. The van der Waals surface area contributed by atoms with Crippen LogP contribution < -0.4 is 4.74 Å². The molecule has 4 heteroatoms. The van der Waals surface area contributed by atoms with Crippen LogP contribution in [0.25, 0.3) is 0 Å². The number of oxime groups is 1. The van der Waals surface area contributed by atoms with E-state index in [1.165, 1.54) is 0 Å². The minimum Gasteiger partial charge on any atom is -0.494 e. The van der Waals surface area contributed by atoms with Crippen molar-refractivity contribution in [2.24, 2.45) is 5.16 Å². The van der Waals surface area contributed by atoms with Crippen LogP contribution in [0.2, 0.25) is 0 Å². The van der Waals surface area contributed by atoms with E-state index >= 15 is 0 Å². The van der Waals surface area contributed by atoms with Crippen LogP contribution in [0.4, 0.5) is 0 Å². The normalized spacial score (nSPS) is 17.5. The van der Waals surface area contributed by atoms with Gasteiger partial charge in [-0.2, -0.15) is 0 Å². The third-order valence-electron chi connectivity index (χ3n) is 2.29. The van der Waals surface area contributed by atoms with Gasteiger partial charge in [-0.25, -0.2) is 0 Å². The standard InChI is InChI=1S/C11H13NO2S/c1-2-14-8-3-4-11-9(7-8)10(12-13)5-6-15-11/h3-4,7,13H,2,5-6H2,1H3. The summed E-state index contributed by atoms with van der Waals surface area (Å²) in [5.41, 5.74) is 1.75. The van der Waals surface area contributed by atoms with Crippen molar-refractivity contribution in [3.63, 3.8) is 0 Å². The van der Waals surface area contributed by atoms with Gasteiger partial charge in [-0.1, -0.05) is 5.16 Å². The second-order valence-corrected chi connectivity index (χ2v) is 4.37. The first-order valence-electron chi connectivity index (χ1n) is 4.96. The third-order valence-corrected chi connectivity index (χ3v) is 3.37. The number of ether oxygens (including phenoxy) is 1. The molecule has 15 heavy (non-hydrogen) atoms. The first kappa shape index (κ1) is 10.4. The summed E-state index contributed by atoms with van der Waals surface area (Å²) in [6, 6.07) is 5.92. The highest BCUT2D eigenvalue weighted by Crippen LogP contribution is 2.32. The predicted molar refractivity (Wildman–Crippen MR) is 61.3 cm³/mol. The minimum atomic E-state index is 0.650. The molecular weight excluding hydrogens is 210 g/mol. The Hall–Kier alpha value is -1.16. The van der Waals surface area contributed by atoms with Gasteiger partial charge in [0.05, 0.1) is 12.3 Å². The van der Waals surface area contributed by atoms with Gasteiger partial charge in [-0.15, -0.1) is 11.8 Å². The van der Waals surface area contributed by atoms with Crippen molar-refractivity contribution < 1.29 is 9.94 Å². The van der Waals surface area contributed by atoms with E-state index < -0.39 is 0 Å². The van der Waals surface area contributed by atoms with Gasteiger partial charge in [-0.05, 0) is 25.1 Å². The lowest BCUT2D eigenvalue weighted by atomic mass is 10.1. The number of hydrogen-bond acceptors (Lipinski definition) is 4. The van der Waals surface area contributed by atoms with Crippen molar-refractivity contribution >= 4 is 17.5 Å². The largest absolute Gasteiger partial charge is 0.494 e. The Morgan fingerprint density at radius 2 is 2.40 bits per heavy atom. The van der Waals surface area contributed by atoms with Crippen LogP contribution in [0.5, 0.6) is 5.75 Å². The summed E-state index contributed by atoms with van der Waals surface area (Å²) in [5.74, 6) is 1.81. The fourth-order valence-corrected chi connectivity index (χ4v) is 2.62. The zero-order chi connectivity index (χ0) is 10.7. The van der Waals surface area contributed by atoms with Crippen LogP contribution in [0.15, 0.2) is 28.3 Å². The molecule has 80 valence electrons. The Labute approximate surface area is 93.1 Å². The molecule has 0 fully saturated rings. The van der Waals surface area contributed by atoms with Crippen molar-refractivity contribution in [2.45, 2.75) is 18.2 Å². The highest BCUT2D eigenvalue weighted by atomic mass is 32.2. The first-order valence-corrected chi connectivity index (χ1v) is 5.94. The predicted octanol–water partition coefficient (Wildman–Crippen LogP) is 2.76. The zero-order valence-corrected chi connectivity index (χ0v) is 9.38. The molecule has 0 spiro atoms. The quantitative estimate of drug-likeness (QED) is 0.619. The number of fused-ring (bicyclic) bond motifs is 1. The Morgan fingerprint density at radius 1 is 1.53 bits per heavy atom. The van der Waals surface area contributed by atoms with Crippen LogP contribution in [-0.4, -0.2) is 23.3 Å². The molecule has 1 aromatic carbocycles. The second-order valence-electron chi connectivity index (χ2n) is 3.24. The molecule has 0 saturated carbocycles. The number of benzene rings is 1. The molecular formula is C11H13NO2S. The number of hydrogen-bond donors (Lipinski definition) is 1. The first-order chi connectivity index (χ1) is 7.35. The molecule has 0 saturated heterocycles. The van der Waals surface area contributed by atoms with E-state index in [1.54, 1.807) is 11.8 Å². The Bertz CT molecular complexity index is 390. The van der Waals surface area contributed by atoms with Crippen LogP contribution in [0.1, 0.15) is 18.9 Å². The molecule has 0 aliphatic carbocycles. The minimum absolute atomic E-state index is 0.650. The molecule has 0 amide bonds. The summed E-state index contributed by atoms with van der Waals surface area (Å²) in [6.45, 7) is 2.60. The van der Waals surface area contributed by atoms with Crippen LogP contribution >= 0.6 is 11.8 Å². The molecule has 1 aliphatic heterocycles. The number of rotatable bonds is 2. The lowest BCUT2D eigenvalue weighted by Gasteiger charge is -2.17. The molecule has 1 aliphatic rings. The van der Waals surface area contributed by atoms with Crippen molar-refractivity contribution in [1.29, 1.82) is 0 Å². The SMILES string of the molecule is CCOc1ccc2c(c1)C(=NO)CCS2. The fourth-order valence-electron chi connectivity index (χ4n) is 1.61. The summed E-state index contributed by atoms with van der Waals surface area (Å²) in [6.07, 6.45) is 0.809. The highest BCUT2D eigenvalue weighted by molar-refractivity contribution is 7.99. The van der Waals surface area contributed by atoms with Gasteiger partial charge in [0.15, 0.2) is 0 Å². The molecule has 3 nitrogen and oxygen atoms in total. The molecule has 0 unspecified atom stereocenters. The molecule has 1 heterocycles. The van der Waals surface area contributed by atoms with E-state index in [2.05, 4.69) is 5.16 Å². The summed E-state index contributed by atoms with van der Waals surface area (Å²) in [4.78, 5) is 1.16. The Kier molecular flexibility index (Phi) is 3.16. The molecule has 0 atom stereocenters. The Balaban J connectivity index is 2.39. The van der Waals surface area contributed by atoms with Gasteiger partial charge in [0.2, 0.25) is 0 Å². The lowest BCUT2D eigenvalue weighted by molar-refractivity contribution is 0.318. The fraction of sp³-hybridized carbons (Fsp3) is 0.364. The molecule has 1 N–H and O–H groups in total. The molecule has 1 aromatic rings. The van der Waals surface area contributed by atoms with E-state index in [0.717, 1.165) is 34.1 Å². The maximum absolute atomic E-state index is 8.90. The summed E-state index contributed by atoms with van der Waals surface area (Å²) in [5, 5.41) is 12.2. The summed E-state index contributed by atoms with van der Waals surface area (Å²) in [7, 11) is 0. The van der Waals surface area contributed by atoms with Crippen molar-refractivity contribution in [2.75, 3.05) is 12.4 Å². The van der Waals surface area contributed by atoms with Gasteiger partial charge < -0.3 is 9.94 Å². The van der Waals surface area contributed by atoms with Gasteiger partial charge in [0.25, 0.3) is 0 Å². The average molecular weight is 223 g/mol. The molecule has 2 rings (SSSR count). The summed E-state index contributed by atoms with van der Waals surface area (Å²) < 4.78 is 5.42. The van der Waals surface area contributed by atoms with E-state index in [1.807, 2.05) is 25.1 Å².